The Hall–Kier alpha value is -1.71. The summed E-state index contributed by atoms with van der Waals surface area (Å²) in [6, 6.07) is 4.57. The molecule has 0 unspecified atom stereocenters. The molecule has 1 rings (SSSR count). The highest BCUT2D eigenvalue weighted by Gasteiger charge is 2.21. The zero-order chi connectivity index (χ0) is 13.8. The van der Waals surface area contributed by atoms with Crippen molar-refractivity contribution in [3.05, 3.63) is 23.8 Å². The van der Waals surface area contributed by atoms with Crippen LogP contribution in [0.3, 0.4) is 0 Å². The van der Waals surface area contributed by atoms with Gasteiger partial charge in [-0.1, -0.05) is 20.3 Å². The average molecular weight is 252 g/mol. The molecule has 0 radical (unpaired) electrons. The molecule has 3 N–H and O–H groups in total. The maximum absolute atomic E-state index is 10.4. The van der Waals surface area contributed by atoms with Crippen LogP contribution in [0.1, 0.15) is 45.1 Å². The Labute approximate surface area is 107 Å². The maximum Gasteiger partial charge on any atom is 0.303 e. The van der Waals surface area contributed by atoms with Crippen molar-refractivity contribution in [1.29, 1.82) is 0 Å². The van der Waals surface area contributed by atoms with Gasteiger partial charge in [0, 0.05) is 12.5 Å². The summed E-state index contributed by atoms with van der Waals surface area (Å²) in [5.74, 6) is -0.685. The van der Waals surface area contributed by atoms with E-state index < -0.39 is 5.97 Å². The van der Waals surface area contributed by atoms with E-state index in [1.807, 2.05) is 13.8 Å². The molecule has 4 heteroatoms. The fourth-order valence-electron chi connectivity index (χ4n) is 1.97. The van der Waals surface area contributed by atoms with E-state index >= 15 is 0 Å². The molecule has 0 aromatic heterocycles. The second-order valence-electron chi connectivity index (χ2n) is 5.22. The van der Waals surface area contributed by atoms with Gasteiger partial charge in [-0.05, 0) is 36.0 Å². The summed E-state index contributed by atoms with van der Waals surface area (Å²) in [4.78, 5) is 10.4. The Kier molecular flexibility index (Phi) is 4.59. The quantitative estimate of drug-likeness (QED) is 0.680. The summed E-state index contributed by atoms with van der Waals surface area (Å²) in [6.07, 6.45) is 2.43. The van der Waals surface area contributed by atoms with Gasteiger partial charge < -0.3 is 15.3 Å². The molecule has 0 saturated carbocycles. The largest absolute Gasteiger partial charge is 0.508 e. The number of hydrogen-bond donors (Lipinski definition) is 3. The number of unbranched alkanes of at least 4 members (excludes halogenated alkanes) is 1. The molecule has 0 amide bonds. The fourth-order valence-corrected chi connectivity index (χ4v) is 1.97. The smallest absolute Gasteiger partial charge is 0.303 e. The molecule has 100 valence electrons. The summed E-state index contributed by atoms with van der Waals surface area (Å²) >= 11 is 0. The highest BCUT2D eigenvalue weighted by atomic mass is 16.4. The van der Waals surface area contributed by atoms with Crippen molar-refractivity contribution < 1.29 is 20.1 Å². The van der Waals surface area contributed by atoms with E-state index in [0.717, 1.165) is 18.4 Å². The normalized spacial score (nSPS) is 11.4. The van der Waals surface area contributed by atoms with Gasteiger partial charge in [0.05, 0.1) is 0 Å². The van der Waals surface area contributed by atoms with Crippen molar-refractivity contribution in [3.8, 4) is 11.5 Å². The predicted molar refractivity (Wildman–Crippen MR) is 68.9 cm³/mol. The topological polar surface area (TPSA) is 77.8 Å². The molecule has 0 heterocycles. The third kappa shape index (κ3) is 4.28. The molecule has 0 fully saturated rings. The van der Waals surface area contributed by atoms with Crippen molar-refractivity contribution in [2.24, 2.45) is 0 Å². The van der Waals surface area contributed by atoms with E-state index in [9.17, 15) is 15.0 Å². The van der Waals surface area contributed by atoms with Crippen molar-refractivity contribution in [2.75, 3.05) is 0 Å². The van der Waals surface area contributed by atoms with Crippen molar-refractivity contribution in [3.63, 3.8) is 0 Å². The molecule has 0 aliphatic heterocycles. The molecule has 0 spiro atoms. The second kappa shape index (κ2) is 5.76. The van der Waals surface area contributed by atoms with Gasteiger partial charge in [-0.25, -0.2) is 0 Å². The van der Waals surface area contributed by atoms with Crippen LogP contribution in [-0.2, 0) is 10.2 Å². The number of benzene rings is 1. The summed E-state index contributed by atoms with van der Waals surface area (Å²) in [6.45, 7) is 4.03. The van der Waals surface area contributed by atoms with Crippen molar-refractivity contribution in [2.45, 2.75) is 44.9 Å². The van der Waals surface area contributed by atoms with E-state index in [-0.39, 0.29) is 23.3 Å². The highest BCUT2D eigenvalue weighted by molar-refractivity contribution is 5.66. The lowest BCUT2D eigenvalue weighted by Gasteiger charge is -2.25. The lowest BCUT2D eigenvalue weighted by atomic mass is 9.80. The molecule has 1 aromatic rings. The number of aromatic hydroxyl groups is 2. The monoisotopic (exact) mass is 252 g/mol. The number of hydrogen-bond acceptors (Lipinski definition) is 3. The number of phenols is 2. The fraction of sp³-hybridized carbons (Fsp3) is 0.500. The van der Waals surface area contributed by atoms with Crippen LogP contribution in [0, 0.1) is 0 Å². The van der Waals surface area contributed by atoms with Crippen LogP contribution in [0.25, 0.3) is 0 Å². The van der Waals surface area contributed by atoms with Crippen LogP contribution < -0.4 is 0 Å². The molecule has 18 heavy (non-hydrogen) atoms. The third-order valence-corrected chi connectivity index (χ3v) is 3.13. The Morgan fingerprint density at radius 2 is 1.67 bits per heavy atom. The van der Waals surface area contributed by atoms with Gasteiger partial charge in [0.15, 0.2) is 0 Å². The maximum atomic E-state index is 10.4. The molecule has 1 aromatic carbocycles. The van der Waals surface area contributed by atoms with Gasteiger partial charge in [0.25, 0.3) is 0 Å². The van der Waals surface area contributed by atoms with Crippen LogP contribution in [0.4, 0.5) is 0 Å². The van der Waals surface area contributed by atoms with Gasteiger partial charge >= 0.3 is 5.97 Å². The third-order valence-electron chi connectivity index (χ3n) is 3.13. The number of carboxylic acid groups (broad SMARTS) is 1. The Bertz CT molecular complexity index is 404. The standard InChI is InChI=1S/C14H20O4/c1-14(2,6-4-3-5-13(17)18)10-7-11(15)9-12(16)8-10/h7-9,15-16H,3-6H2,1-2H3,(H,17,18). The summed E-state index contributed by atoms with van der Waals surface area (Å²) in [5, 5.41) is 27.5. The van der Waals surface area contributed by atoms with E-state index in [1.165, 1.54) is 6.07 Å². The van der Waals surface area contributed by atoms with Gasteiger partial charge in [-0.3, -0.25) is 4.79 Å². The van der Waals surface area contributed by atoms with Gasteiger partial charge in [-0.15, -0.1) is 0 Å². The predicted octanol–water partition coefficient (Wildman–Crippen LogP) is 3.02. The first kappa shape index (κ1) is 14.4. The van der Waals surface area contributed by atoms with Crippen LogP contribution in [-0.4, -0.2) is 21.3 Å². The average Bonchev–Trinajstić information content (AvgIpc) is 2.23. The summed E-state index contributed by atoms with van der Waals surface area (Å²) < 4.78 is 0. The van der Waals surface area contributed by atoms with Gasteiger partial charge in [-0.2, -0.15) is 0 Å². The first-order valence-electron chi connectivity index (χ1n) is 6.06. The summed E-state index contributed by atoms with van der Waals surface area (Å²) in [5.41, 5.74) is 0.657. The molecular weight excluding hydrogens is 232 g/mol. The van der Waals surface area contributed by atoms with Gasteiger partial charge in [0.1, 0.15) is 11.5 Å². The lowest BCUT2D eigenvalue weighted by molar-refractivity contribution is -0.137. The van der Waals surface area contributed by atoms with Crippen LogP contribution in [0.5, 0.6) is 11.5 Å². The Morgan fingerprint density at radius 3 is 2.17 bits per heavy atom. The number of aliphatic carboxylic acids is 1. The number of carbonyl (C=O) groups is 1. The minimum atomic E-state index is -0.775. The van der Waals surface area contributed by atoms with Crippen LogP contribution in [0.2, 0.25) is 0 Å². The molecular formula is C14H20O4. The minimum Gasteiger partial charge on any atom is -0.508 e. The lowest BCUT2D eigenvalue weighted by Crippen LogP contribution is -2.17. The van der Waals surface area contributed by atoms with E-state index in [1.54, 1.807) is 12.1 Å². The number of rotatable bonds is 6. The molecule has 0 aliphatic carbocycles. The molecule has 0 atom stereocenters. The zero-order valence-electron chi connectivity index (χ0n) is 10.8. The number of carboxylic acids is 1. The Balaban J connectivity index is 2.64. The van der Waals surface area contributed by atoms with E-state index in [2.05, 4.69) is 0 Å². The number of phenolic OH excluding ortho intramolecular Hbond substituents is 2. The first-order valence-corrected chi connectivity index (χ1v) is 6.06. The highest BCUT2D eigenvalue weighted by Crippen LogP contribution is 2.33. The molecule has 0 bridgehead atoms. The van der Waals surface area contributed by atoms with Gasteiger partial charge in [0.2, 0.25) is 0 Å². The second-order valence-corrected chi connectivity index (χ2v) is 5.22. The molecule has 0 aliphatic rings. The van der Waals surface area contributed by atoms with Crippen LogP contribution in [0.15, 0.2) is 18.2 Å². The Morgan fingerprint density at radius 1 is 1.11 bits per heavy atom. The zero-order valence-corrected chi connectivity index (χ0v) is 10.8. The molecule has 4 nitrogen and oxygen atoms in total. The van der Waals surface area contributed by atoms with Crippen molar-refractivity contribution in [1.82, 2.24) is 0 Å². The van der Waals surface area contributed by atoms with E-state index in [4.69, 9.17) is 5.11 Å². The summed E-state index contributed by atoms with van der Waals surface area (Å²) in [7, 11) is 0. The van der Waals surface area contributed by atoms with Crippen molar-refractivity contribution >= 4 is 5.97 Å². The van der Waals surface area contributed by atoms with Crippen LogP contribution >= 0.6 is 0 Å². The minimum absolute atomic E-state index is 0.0450. The first-order chi connectivity index (χ1) is 8.31. The molecule has 0 saturated heterocycles. The SMILES string of the molecule is CC(C)(CCCCC(=O)O)c1cc(O)cc(O)c1. The van der Waals surface area contributed by atoms with E-state index in [0.29, 0.717) is 6.42 Å².